The summed E-state index contributed by atoms with van der Waals surface area (Å²) in [7, 11) is 0. The van der Waals surface area contributed by atoms with Crippen molar-refractivity contribution in [3.63, 3.8) is 0 Å². The second kappa shape index (κ2) is 4.45. The number of nitrogens with zero attached hydrogens (tertiary/aromatic N) is 1. The summed E-state index contributed by atoms with van der Waals surface area (Å²) < 4.78 is 5.80. The molecule has 1 aliphatic carbocycles. The lowest BCUT2D eigenvalue weighted by Crippen LogP contribution is -2.20. The molecule has 0 N–H and O–H groups in total. The minimum absolute atomic E-state index is 0.440. The Bertz CT molecular complexity index is 214. The zero-order chi connectivity index (χ0) is 8.93. The van der Waals surface area contributed by atoms with E-state index in [4.69, 9.17) is 4.74 Å². The van der Waals surface area contributed by atoms with E-state index in [-0.39, 0.29) is 0 Å². The summed E-state index contributed by atoms with van der Waals surface area (Å²) in [5, 5.41) is 0. The fraction of sp³-hybridized carbons (Fsp3) is 0.727. The van der Waals surface area contributed by atoms with Crippen LogP contribution in [0.4, 0.5) is 0 Å². The Morgan fingerprint density at radius 3 is 2.77 bits per heavy atom. The van der Waals surface area contributed by atoms with E-state index >= 15 is 0 Å². The van der Waals surface area contributed by atoms with Gasteiger partial charge < -0.3 is 4.74 Å². The first-order chi connectivity index (χ1) is 6.45. The first-order valence-corrected chi connectivity index (χ1v) is 5.33. The minimum atomic E-state index is 0.440. The topological polar surface area (TPSA) is 21.6 Å². The average Bonchev–Trinajstić information content (AvgIpc) is 2.21. The minimum Gasteiger partial charge on any atom is -0.475 e. The predicted octanol–water partition coefficient (Wildman–Crippen LogP) is 2.69. The van der Waals surface area contributed by atoms with Crippen molar-refractivity contribution in [3.8, 4) is 0 Å². The van der Waals surface area contributed by atoms with Crippen molar-refractivity contribution in [2.45, 2.75) is 44.6 Å². The maximum absolute atomic E-state index is 5.80. The Morgan fingerprint density at radius 2 is 2.08 bits per heavy atom. The quantitative estimate of drug-likeness (QED) is 0.606. The Kier molecular flexibility index (Phi) is 3.01. The highest BCUT2D eigenvalue weighted by molar-refractivity contribution is 5.88. The number of hydrogen-bond acceptors (Lipinski definition) is 2. The monoisotopic (exact) mass is 179 g/mol. The molecule has 0 spiro atoms. The van der Waals surface area contributed by atoms with E-state index in [1.165, 1.54) is 32.1 Å². The Hall–Kier alpha value is -0.790. The third-order valence-electron chi connectivity index (χ3n) is 2.66. The Labute approximate surface area is 79.7 Å². The van der Waals surface area contributed by atoms with Crippen LogP contribution in [0.2, 0.25) is 0 Å². The molecule has 0 atom stereocenters. The maximum Gasteiger partial charge on any atom is 0.208 e. The molecule has 13 heavy (non-hydrogen) atoms. The lowest BCUT2D eigenvalue weighted by molar-refractivity contribution is 0.143. The largest absolute Gasteiger partial charge is 0.475 e. The van der Waals surface area contributed by atoms with Gasteiger partial charge >= 0.3 is 0 Å². The first kappa shape index (κ1) is 8.79. The molecule has 0 saturated heterocycles. The van der Waals surface area contributed by atoms with Crippen LogP contribution >= 0.6 is 0 Å². The lowest BCUT2D eigenvalue weighted by atomic mass is 9.98. The molecule has 0 aromatic rings. The summed E-state index contributed by atoms with van der Waals surface area (Å²) in [6, 6.07) is 0. The van der Waals surface area contributed by atoms with Gasteiger partial charge in [0, 0.05) is 6.54 Å². The smallest absolute Gasteiger partial charge is 0.208 e. The van der Waals surface area contributed by atoms with Gasteiger partial charge in [-0.15, -0.1) is 0 Å². The van der Waals surface area contributed by atoms with Crippen LogP contribution in [-0.4, -0.2) is 18.5 Å². The molecular weight excluding hydrogens is 162 g/mol. The summed E-state index contributed by atoms with van der Waals surface area (Å²) in [6.07, 6.45) is 12.1. The van der Waals surface area contributed by atoms with Crippen LogP contribution in [0.3, 0.4) is 0 Å². The van der Waals surface area contributed by atoms with E-state index in [9.17, 15) is 0 Å². The number of rotatable bonds is 1. The van der Waals surface area contributed by atoms with E-state index in [0.717, 1.165) is 18.9 Å². The van der Waals surface area contributed by atoms with Gasteiger partial charge in [-0.2, -0.15) is 0 Å². The number of aliphatic imine (C=N–C) groups is 1. The van der Waals surface area contributed by atoms with Crippen molar-refractivity contribution < 1.29 is 4.74 Å². The third kappa shape index (κ3) is 2.58. The van der Waals surface area contributed by atoms with E-state index in [1.54, 1.807) is 0 Å². The molecule has 2 heteroatoms. The van der Waals surface area contributed by atoms with Gasteiger partial charge in [0.1, 0.15) is 6.10 Å². The van der Waals surface area contributed by atoms with Gasteiger partial charge in [0.05, 0.1) is 0 Å². The van der Waals surface area contributed by atoms with Crippen LogP contribution in [-0.2, 0) is 4.74 Å². The van der Waals surface area contributed by atoms with Crippen molar-refractivity contribution in [1.29, 1.82) is 0 Å². The van der Waals surface area contributed by atoms with Crippen LogP contribution in [0.1, 0.15) is 38.5 Å². The molecule has 1 saturated carbocycles. The zero-order valence-corrected chi connectivity index (χ0v) is 8.04. The van der Waals surface area contributed by atoms with Crippen LogP contribution in [0.5, 0.6) is 0 Å². The molecule has 1 aliphatic heterocycles. The average molecular weight is 179 g/mol. The van der Waals surface area contributed by atoms with Crippen molar-refractivity contribution in [2.75, 3.05) is 6.54 Å². The number of dihydropyridines is 1. The van der Waals surface area contributed by atoms with E-state index in [1.807, 2.05) is 6.08 Å². The molecule has 0 bridgehead atoms. The molecule has 2 aliphatic rings. The third-order valence-corrected chi connectivity index (χ3v) is 2.66. The van der Waals surface area contributed by atoms with Gasteiger partial charge in [-0.1, -0.05) is 12.5 Å². The summed E-state index contributed by atoms with van der Waals surface area (Å²) in [6.45, 7) is 0.901. The Balaban J connectivity index is 1.82. The fourth-order valence-corrected chi connectivity index (χ4v) is 1.92. The van der Waals surface area contributed by atoms with Gasteiger partial charge in [-0.25, -0.2) is 0 Å². The molecule has 72 valence electrons. The van der Waals surface area contributed by atoms with Gasteiger partial charge in [-0.3, -0.25) is 4.99 Å². The molecule has 0 radical (unpaired) electrons. The Morgan fingerprint density at radius 1 is 1.23 bits per heavy atom. The number of ether oxygens (including phenoxy) is 1. The van der Waals surface area contributed by atoms with Crippen LogP contribution < -0.4 is 0 Å². The highest BCUT2D eigenvalue weighted by Crippen LogP contribution is 2.21. The zero-order valence-electron chi connectivity index (χ0n) is 8.04. The van der Waals surface area contributed by atoms with Crippen molar-refractivity contribution in [1.82, 2.24) is 0 Å². The summed E-state index contributed by atoms with van der Waals surface area (Å²) >= 11 is 0. The first-order valence-electron chi connectivity index (χ1n) is 5.33. The van der Waals surface area contributed by atoms with Gasteiger partial charge in [0.15, 0.2) is 0 Å². The van der Waals surface area contributed by atoms with E-state index < -0.39 is 0 Å². The van der Waals surface area contributed by atoms with Crippen molar-refractivity contribution in [2.24, 2.45) is 4.99 Å². The lowest BCUT2D eigenvalue weighted by Gasteiger charge is -2.23. The molecule has 2 rings (SSSR count). The molecule has 0 aromatic carbocycles. The summed E-state index contributed by atoms with van der Waals surface area (Å²) in [5.74, 6) is 0.859. The van der Waals surface area contributed by atoms with Crippen molar-refractivity contribution >= 4 is 5.90 Å². The molecule has 0 aromatic heterocycles. The molecule has 0 unspecified atom stereocenters. The van der Waals surface area contributed by atoms with Gasteiger partial charge in [0.2, 0.25) is 5.90 Å². The second-order valence-electron chi connectivity index (χ2n) is 3.79. The molecule has 1 heterocycles. The van der Waals surface area contributed by atoms with Crippen LogP contribution in [0.25, 0.3) is 0 Å². The van der Waals surface area contributed by atoms with E-state index in [2.05, 4.69) is 11.1 Å². The van der Waals surface area contributed by atoms with Crippen molar-refractivity contribution in [3.05, 3.63) is 12.2 Å². The van der Waals surface area contributed by atoms with Gasteiger partial charge in [-0.05, 0) is 38.2 Å². The van der Waals surface area contributed by atoms with Crippen LogP contribution in [0, 0.1) is 0 Å². The summed E-state index contributed by atoms with van der Waals surface area (Å²) in [5.41, 5.74) is 0. The SMILES string of the molecule is C1=CC(OC2CCCCC2)=NCC1. The summed E-state index contributed by atoms with van der Waals surface area (Å²) in [4.78, 5) is 4.33. The normalized spacial score (nSPS) is 24.2. The second-order valence-corrected chi connectivity index (χ2v) is 3.79. The highest BCUT2D eigenvalue weighted by Gasteiger charge is 2.15. The molecule has 1 fully saturated rings. The molecule has 2 nitrogen and oxygen atoms in total. The maximum atomic E-state index is 5.80. The number of hydrogen-bond donors (Lipinski definition) is 0. The standard InChI is InChI=1S/C11H17NO/c1-2-6-10(7-3-1)13-11-8-4-5-9-12-11/h4,8,10H,1-3,5-7,9H2. The van der Waals surface area contributed by atoms with E-state index in [0.29, 0.717) is 6.10 Å². The van der Waals surface area contributed by atoms with Gasteiger partial charge in [0.25, 0.3) is 0 Å². The van der Waals surface area contributed by atoms with Crippen LogP contribution in [0.15, 0.2) is 17.1 Å². The highest BCUT2D eigenvalue weighted by atomic mass is 16.5. The molecular formula is C11H17NO. The fourth-order valence-electron chi connectivity index (χ4n) is 1.92. The predicted molar refractivity (Wildman–Crippen MR) is 54.0 cm³/mol. The molecule has 0 amide bonds.